The Kier molecular flexibility index (Phi) is 7.55. The van der Waals surface area contributed by atoms with E-state index in [-0.39, 0.29) is 5.41 Å². The molecule has 0 aliphatic heterocycles. The lowest BCUT2D eigenvalue weighted by Crippen LogP contribution is -2.22. The van der Waals surface area contributed by atoms with Gasteiger partial charge in [0.2, 0.25) is 0 Å². The Hall–Kier alpha value is -6.74. The molecular weight excluding hydrogens is 695 g/mol. The summed E-state index contributed by atoms with van der Waals surface area (Å²) < 4.78 is 2.64. The lowest BCUT2D eigenvalue weighted by Gasteiger charge is -2.31. The van der Waals surface area contributed by atoms with E-state index in [0.29, 0.717) is 0 Å². The molecule has 0 amide bonds. The Balaban J connectivity index is 1.09. The van der Waals surface area contributed by atoms with Gasteiger partial charge in [-0.2, -0.15) is 0 Å². The molecule has 2 heteroatoms. The van der Waals surface area contributed by atoms with E-state index in [9.17, 15) is 0 Å². The number of nitrogens with zero attached hydrogens (tertiary/aromatic N) is 1. The van der Waals surface area contributed by atoms with E-state index in [1.54, 1.807) is 0 Å². The summed E-state index contributed by atoms with van der Waals surface area (Å²) in [6.45, 7) is 2.39. The Morgan fingerprint density at radius 1 is 0.393 bits per heavy atom. The first-order valence-electron chi connectivity index (χ1n) is 19.3. The van der Waals surface area contributed by atoms with Crippen LogP contribution in [-0.2, 0) is 5.41 Å². The summed E-state index contributed by atoms with van der Waals surface area (Å²) >= 11 is 1.88. The molecule has 1 atom stereocenters. The van der Waals surface area contributed by atoms with Gasteiger partial charge in [-0.1, -0.05) is 158 Å². The van der Waals surface area contributed by atoms with Crippen molar-refractivity contribution in [1.29, 1.82) is 0 Å². The third-order valence-corrected chi connectivity index (χ3v) is 13.2. The molecule has 0 radical (unpaired) electrons. The third kappa shape index (κ3) is 5.14. The second-order valence-corrected chi connectivity index (χ2v) is 16.1. The summed E-state index contributed by atoms with van der Waals surface area (Å²) in [5.74, 6) is 0. The zero-order chi connectivity index (χ0) is 37.2. The Bertz CT molecular complexity index is 3100. The van der Waals surface area contributed by atoms with Crippen molar-refractivity contribution in [2.45, 2.75) is 12.3 Å². The Labute approximate surface area is 331 Å². The second-order valence-electron chi connectivity index (χ2n) is 15.0. The Morgan fingerprint density at radius 3 is 1.95 bits per heavy atom. The van der Waals surface area contributed by atoms with Crippen LogP contribution in [0.1, 0.15) is 23.6 Å². The van der Waals surface area contributed by atoms with Gasteiger partial charge in [0.1, 0.15) is 0 Å². The van der Waals surface area contributed by atoms with Crippen molar-refractivity contribution in [3.63, 3.8) is 0 Å². The highest BCUT2D eigenvalue weighted by Crippen LogP contribution is 2.54. The highest BCUT2D eigenvalue weighted by atomic mass is 32.1. The van der Waals surface area contributed by atoms with Gasteiger partial charge in [-0.05, 0) is 116 Å². The molecule has 1 nitrogen and oxygen atoms in total. The molecule has 1 aliphatic carbocycles. The quantitative estimate of drug-likeness (QED) is 0.165. The van der Waals surface area contributed by atoms with E-state index in [1.165, 1.54) is 81.0 Å². The monoisotopic (exact) mass is 731 g/mol. The molecule has 56 heavy (non-hydrogen) atoms. The van der Waals surface area contributed by atoms with Crippen LogP contribution in [0.2, 0.25) is 0 Å². The van der Waals surface area contributed by atoms with Crippen LogP contribution >= 0.6 is 11.3 Å². The summed E-state index contributed by atoms with van der Waals surface area (Å²) in [6, 6.07) is 76.0. The fraction of sp³-hybridized carbons (Fsp3) is 0.0370. The lowest BCUT2D eigenvalue weighted by molar-refractivity contribution is 0.714. The Morgan fingerprint density at radius 2 is 1.05 bits per heavy atom. The van der Waals surface area contributed by atoms with Crippen LogP contribution in [0.15, 0.2) is 206 Å². The molecule has 0 saturated heterocycles. The standard InChI is InChI=1S/C54H37NS/c1-54(41-16-3-2-4-17-41)50-23-9-7-19-46(50)47-32-31-44(35-51(47)54)55(42-29-27-37(28-30-42)39-26-25-36-13-5-6-14-38(36)33-39)43-18-11-15-40(34-43)45-21-12-22-49-48-20-8-10-24-52(48)56-53(45)49/h2-35H,1H3. The predicted octanol–water partition coefficient (Wildman–Crippen LogP) is 15.3. The molecule has 1 aromatic heterocycles. The van der Waals surface area contributed by atoms with E-state index in [4.69, 9.17) is 0 Å². The number of thiophene rings is 1. The number of benzene rings is 9. The fourth-order valence-corrected chi connectivity index (χ4v) is 10.3. The summed E-state index contributed by atoms with van der Waals surface area (Å²) in [7, 11) is 0. The van der Waals surface area contributed by atoms with Crippen LogP contribution in [0, 0.1) is 0 Å². The zero-order valence-electron chi connectivity index (χ0n) is 31.0. The van der Waals surface area contributed by atoms with Crippen LogP contribution in [-0.4, -0.2) is 0 Å². The minimum Gasteiger partial charge on any atom is -0.310 e. The van der Waals surface area contributed by atoms with Gasteiger partial charge in [-0.3, -0.25) is 0 Å². The molecule has 1 unspecified atom stereocenters. The van der Waals surface area contributed by atoms with Crippen LogP contribution in [0.5, 0.6) is 0 Å². The largest absolute Gasteiger partial charge is 0.310 e. The molecule has 0 N–H and O–H groups in total. The molecule has 1 heterocycles. The lowest BCUT2D eigenvalue weighted by atomic mass is 9.74. The van der Waals surface area contributed by atoms with Crippen molar-refractivity contribution in [2.75, 3.05) is 4.90 Å². The van der Waals surface area contributed by atoms with Crippen LogP contribution in [0.3, 0.4) is 0 Å². The average molecular weight is 732 g/mol. The van der Waals surface area contributed by atoms with Gasteiger partial charge in [0.15, 0.2) is 0 Å². The average Bonchev–Trinajstić information content (AvgIpc) is 3.77. The van der Waals surface area contributed by atoms with Gasteiger partial charge >= 0.3 is 0 Å². The van der Waals surface area contributed by atoms with Gasteiger partial charge in [-0.15, -0.1) is 11.3 Å². The molecule has 264 valence electrons. The van der Waals surface area contributed by atoms with Crippen LogP contribution in [0.25, 0.3) is 64.3 Å². The minimum absolute atomic E-state index is 0.298. The maximum atomic E-state index is 2.44. The summed E-state index contributed by atoms with van der Waals surface area (Å²) in [4.78, 5) is 2.44. The van der Waals surface area contributed by atoms with Crippen LogP contribution in [0.4, 0.5) is 17.1 Å². The minimum atomic E-state index is -0.298. The molecule has 1 aliphatic rings. The van der Waals surface area contributed by atoms with E-state index < -0.39 is 0 Å². The first-order valence-corrected chi connectivity index (χ1v) is 20.2. The molecule has 9 aromatic carbocycles. The third-order valence-electron chi connectivity index (χ3n) is 11.9. The topological polar surface area (TPSA) is 3.24 Å². The predicted molar refractivity (Wildman–Crippen MR) is 240 cm³/mol. The van der Waals surface area contributed by atoms with Crippen molar-refractivity contribution in [1.82, 2.24) is 0 Å². The zero-order valence-corrected chi connectivity index (χ0v) is 31.8. The van der Waals surface area contributed by atoms with Gasteiger partial charge in [0.05, 0.1) is 0 Å². The van der Waals surface area contributed by atoms with Crippen molar-refractivity contribution < 1.29 is 0 Å². The molecule has 11 rings (SSSR count). The van der Waals surface area contributed by atoms with E-state index >= 15 is 0 Å². The summed E-state index contributed by atoms with van der Waals surface area (Å²) in [6.07, 6.45) is 0. The molecule has 10 aromatic rings. The van der Waals surface area contributed by atoms with Crippen molar-refractivity contribution in [2.24, 2.45) is 0 Å². The van der Waals surface area contributed by atoms with E-state index in [2.05, 4.69) is 218 Å². The van der Waals surface area contributed by atoms with E-state index in [0.717, 1.165) is 17.1 Å². The second kappa shape index (κ2) is 12.9. The number of hydrogen-bond donors (Lipinski definition) is 0. The van der Waals surface area contributed by atoms with Gasteiger partial charge in [0, 0.05) is 42.6 Å². The van der Waals surface area contributed by atoms with Crippen molar-refractivity contribution in [3.8, 4) is 33.4 Å². The molecular formula is C54H37NS. The molecule has 0 spiro atoms. The number of anilines is 3. The maximum absolute atomic E-state index is 2.44. The van der Waals surface area contributed by atoms with Crippen molar-refractivity contribution in [3.05, 3.63) is 223 Å². The number of rotatable bonds is 6. The van der Waals surface area contributed by atoms with Crippen molar-refractivity contribution >= 4 is 59.3 Å². The normalized spacial score (nSPS) is 14.6. The number of hydrogen-bond acceptors (Lipinski definition) is 2. The van der Waals surface area contributed by atoms with Gasteiger partial charge in [-0.25, -0.2) is 0 Å². The number of fused-ring (bicyclic) bond motifs is 7. The summed E-state index contributed by atoms with van der Waals surface area (Å²) in [5, 5.41) is 5.14. The van der Waals surface area contributed by atoms with E-state index in [1.807, 2.05) is 11.3 Å². The highest BCUT2D eigenvalue weighted by Gasteiger charge is 2.41. The van der Waals surface area contributed by atoms with Gasteiger partial charge < -0.3 is 4.90 Å². The first-order chi connectivity index (χ1) is 27.6. The fourth-order valence-electron chi connectivity index (χ4n) is 9.11. The SMILES string of the molecule is CC1(c2ccccc2)c2ccccc2-c2ccc(N(c3ccc(-c4ccc5ccccc5c4)cc3)c3cccc(-c4cccc5c4sc4ccccc45)c3)cc21. The maximum Gasteiger partial charge on any atom is 0.0467 e. The van der Waals surface area contributed by atoms with Gasteiger partial charge in [0.25, 0.3) is 0 Å². The smallest absolute Gasteiger partial charge is 0.0467 e. The summed E-state index contributed by atoms with van der Waals surface area (Å²) in [5.41, 5.74) is 14.5. The highest BCUT2D eigenvalue weighted by molar-refractivity contribution is 7.26. The molecule has 0 saturated carbocycles. The van der Waals surface area contributed by atoms with Crippen LogP contribution < -0.4 is 4.90 Å². The molecule has 0 fully saturated rings. The molecule has 0 bridgehead atoms. The first kappa shape index (κ1) is 32.7.